The molecule has 0 amide bonds. The second-order valence-electron chi connectivity index (χ2n) is 17.2. The van der Waals surface area contributed by atoms with Gasteiger partial charge < -0.3 is 9.64 Å². The van der Waals surface area contributed by atoms with Crippen LogP contribution >= 0.6 is 0 Å². The van der Waals surface area contributed by atoms with E-state index in [0.717, 1.165) is 28.6 Å². The summed E-state index contributed by atoms with van der Waals surface area (Å²) in [6.45, 7) is -0.0965. The largest absolute Gasteiger partial charge is 0.458 e. The number of hydrogen-bond acceptors (Lipinski definition) is 2. The molecule has 0 saturated carbocycles. The van der Waals surface area contributed by atoms with Crippen molar-refractivity contribution in [3.8, 4) is 56.0 Å². The molecular formula is C61H40BNO. The average Bonchev–Trinajstić information content (AvgIpc) is 3.68. The lowest BCUT2D eigenvalue weighted by atomic mass is 9.34. The van der Waals surface area contributed by atoms with Gasteiger partial charge in [0.1, 0.15) is 11.5 Å². The van der Waals surface area contributed by atoms with Crippen molar-refractivity contribution in [1.29, 1.82) is 0 Å². The van der Waals surface area contributed by atoms with Gasteiger partial charge in [-0.1, -0.05) is 206 Å². The van der Waals surface area contributed by atoms with E-state index in [1.165, 1.54) is 83.1 Å². The van der Waals surface area contributed by atoms with Gasteiger partial charge >= 0.3 is 0 Å². The van der Waals surface area contributed by atoms with E-state index in [0.29, 0.717) is 0 Å². The Bertz CT molecular complexity index is 3360. The van der Waals surface area contributed by atoms with Gasteiger partial charge in [-0.15, -0.1) is 0 Å². The summed E-state index contributed by atoms with van der Waals surface area (Å²) in [4.78, 5) is 2.50. The van der Waals surface area contributed by atoms with Gasteiger partial charge in [-0.05, 0) is 120 Å². The minimum Gasteiger partial charge on any atom is -0.458 e. The fraction of sp³-hybridized carbons (Fsp3) is 0.0164. The van der Waals surface area contributed by atoms with Crippen molar-refractivity contribution in [3.05, 3.63) is 265 Å². The Balaban J connectivity index is 1.12. The molecule has 2 nitrogen and oxygen atoms in total. The summed E-state index contributed by atoms with van der Waals surface area (Å²) in [5, 5.41) is 0. The fourth-order valence-corrected chi connectivity index (χ4v) is 11.0. The maximum Gasteiger partial charge on any atom is 0.256 e. The number of benzene rings is 10. The molecular weight excluding hydrogens is 773 g/mol. The minimum atomic E-state index is -0.615. The molecule has 0 radical (unpaired) electrons. The third-order valence-corrected chi connectivity index (χ3v) is 13.8. The second kappa shape index (κ2) is 14.5. The standard InChI is InChI=1S/C61H40BNO/c1-5-17-41(18-6-1)44-29-33-49(34-30-44)63-56-35-31-45(42-19-7-2-8-20-42)37-54(56)62-55-38-46(43-21-9-3-10-22-43)32-36-58(55)64-59-40-48(39-57(63)60(59)62)61(47-23-11-4-12-24-47)52-27-15-13-25-50(52)51-26-14-16-28-53(51)61/h1-40H. The number of fused-ring (bicyclic) bond motifs is 7. The first kappa shape index (κ1) is 36.5. The summed E-state index contributed by atoms with van der Waals surface area (Å²) in [7, 11) is 0. The molecule has 64 heavy (non-hydrogen) atoms. The topological polar surface area (TPSA) is 12.5 Å². The Labute approximate surface area is 374 Å². The number of rotatable bonds is 6. The minimum absolute atomic E-state index is 0.0965. The van der Waals surface area contributed by atoms with Crippen LogP contribution in [0.3, 0.4) is 0 Å². The zero-order valence-electron chi connectivity index (χ0n) is 35.0. The van der Waals surface area contributed by atoms with Crippen LogP contribution in [0.4, 0.5) is 17.1 Å². The molecule has 3 aliphatic rings. The van der Waals surface area contributed by atoms with Gasteiger partial charge in [-0.3, -0.25) is 0 Å². The van der Waals surface area contributed by atoms with E-state index >= 15 is 0 Å². The van der Waals surface area contributed by atoms with Crippen LogP contribution in [0.1, 0.15) is 22.3 Å². The smallest absolute Gasteiger partial charge is 0.256 e. The summed E-state index contributed by atoms with van der Waals surface area (Å²) >= 11 is 0. The zero-order chi connectivity index (χ0) is 42.2. The van der Waals surface area contributed by atoms with Crippen LogP contribution in [-0.2, 0) is 5.41 Å². The van der Waals surface area contributed by atoms with Crippen molar-refractivity contribution < 1.29 is 4.74 Å². The van der Waals surface area contributed by atoms with Gasteiger partial charge in [0.25, 0.3) is 6.71 Å². The Morgan fingerprint density at radius 2 is 0.828 bits per heavy atom. The van der Waals surface area contributed by atoms with Crippen molar-refractivity contribution in [3.63, 3.8) is 0 Å². The van der Waals surface area contributed by atoms with Gasteiger partial charge in [0.05, 0.1) is 5.41 Å². The van der Waals surface area contributed by atoms with Crippen molar-refractivity contribution in [1.82, 2.24) is 0 Å². The molecule has 0 unspecified atom stereocenters. The highest BCUT2D eigenvalue weighted by Crippen LogP contribution is 2.57. The quantitative estimate of drug-likeness (QED) is 0.155. The summed E-state index contributed by atoms with van der Waals surface area (Å²) in [6, 6.07) is 89.0. The van der Waals surface area contributed by atoms with Gasteiger partial charge in [0.15, 0.2) is 0 Å². The normalized spacial score (nSPS) is 13.5. The van der Waals surface area contributed by atoms with Crippen LogP contribution in [-0.4, -0.2) is 6.71 Å². The molecule has 3 heteroatoms. The molecule has 2 aliphatic heterocycles. The van der Waals surface area contributed by atoms with Crippen molar-refractivity contribution >= 4 is 40.2 Å². The maximum atomic E-state index is 7.34. The van der Waals surface area contributed by atoms with Gasteiger partial charge in [-0.2, -0.15) is 0 Å². The highest BCUT2D eigenvalue weighted by atomic mass is 16.5. The second-order valence-corrected chi connectivity index (χ2v) is 17.2. The van der Waals surface area contributed by atoms with Crippen LogP contribution in [0.15, 0.2) is 243 Å². The summed E-state index contributed by atoms with van der Waals surface area (Å²) in [5.41, 5.74) is 20.9. The fourth-order valence-electron chi connectivity index (χ4n) is 11.0. The van der Waals surface area contributed by atoms with Gasteiger partial charge in [0.2, 0.25) is 0 Å². The van der Waals surface area contributed by atoms with Crippen LogP contribution < -0.4 is 26.0 Å². The van der Waals surface area contributed by atoms with Gasteiger partial charge in [0, 0.05) is 17.1 Å². The highest BCUT2D eigenvalue weighted by molar-refractivity contribution is 6.99. The van der Waals surface area contributed by atoms with E-state index in [1.807, 2.05) is 0 Å². The Hall–Kier alpha value is -8.14. The molecule has 10 aromatic carbocycles. The molecule has 0 spiro atoms. The van der Waals surface area contributed by atoms with Crippen LogP contribution in [0.25, 0.3) is 44.5 Å². The Kier molecular flexibility index (Phi) is 8.26. The highest BCUT2D eigenvalue weighted by Gasteiger charge is 2.49. The lowest BCUT2D eigenvalue weighted by molar-refractivity contribution is 0.486. The first-order chi connectivity index (χ1) is 31.7. The van der Waals surface area contributed by atoms with Crippen LogP contribution in [0, 0.1) is 0 Å². The van der Waals surface area contributed by atoms with E-state index in [-0.39, 0.29) is 6.71 Å². The lowest BCUT2D eigenvalue weighted by Gasteiger charge is -2.42. The number of nitrogens with zero attached hydrogens (tertiary/aromatic N) is 1. The first-order valence-electron chi connectivity index (χ1n) is 22.2. The molecule has 2 heterocycles. The number of anilines is 3. The molecule has 13 rings (SSSR count). The lowest BCUT2D eigenvalue weighted by Crippen LogP contribution is -2.59. The van der Waals surface area contributed by atoms with E-state index in [4.69, 9.17) is 4.74 Å². The van der Waals surface area contributed by atoms with Crippen molar-refractivity contribution in [2.75, 3.05) is 4.90 Å². The molecule has 0 fully saturated rings. The SMILES string of the molecule is c1ccc(-c2ccc(N3c4ccc(-c5ccccc5)cc4B4c5cc(-c6ccccc6)ccc5Oc5cc(C6(c7ccccc7)c7ccccc7-c7ccccc76)cc3c54)cc2)cc1. The van der Waals surface area contributed by atoms with Gasteiger partial charge in [-0.25, -0.2) is 0 Å². The predicted octanol–water partition coefficient (Wildman–Crippen LogP) is 13.5. The average molecular weight is 814 g/mol. The maximum absolute atomic E-state index is 7.34. The van der Waals surface area contributed by atoms with E-state index in [9.17, 15) is 0 Å². The molecule has 0 N–H and O–H groups in total. The first-order valence-corrected chi connectivity index (χ1v) is 22.2. The third-order valence-electron chi connectivity index (χ3n) is 13.8. The molecule has 0 atom stereocenters. The van der Waals surface area contributed by atoms with E-state index in [2.05, 4.69) is 248 Å². The predicted molar refractivity (Wildman–Crippen MR) is 266 cm³/mol. The molecule has 298 valence electrons. The summed E-state index contributed by atoms with van der Waals surface area (Å²) < 4.78 is 7.34. The number of hydrogen-bond donors (Lipinski definition) is 0. The molecule has 1 aliphatic carbocycles. The Morgan fingerprint density at radius 3 is 1.44 bits per heavy atom. The number of ether oxygens (including phenoxy) is 1. The monoisotopic (exact) mass is 813 g/mol. The summed E-state index contributed by atoms with van der Waals surface area (Å²) in [6.07, 6.45) is 0. The summed E-state index contributed by atoms with van der Waals surface area (Å²) in [5.74, 6) is 1.77. The molecule has 0 saturated heterocycles. The molecule has 0 aromatic heterocycles. The zero-order valence-corrected chi connectivity index (χ0v) is 35.0. The van der Waals surface area contributed by atoms with E-state index < -0.39 is 5.41 Å². The molecule has 0 bridgehead atoms. The molecule has 10 aromatic rings. The van der Waals surface area contributed by atoms with E-state index in [1.54, 1.807) is 0 Å². The van der Waals surface area contributed by atoms with Crippen LogP contribution in [0.5, 0.6) is 11.5 Å². The van der Waals surface area contributed by atoms with Crippen LogP contribution in [0.2, 0.25) is 0 Å². The third kappa shape index (κ3) is 5.47. The van der Waals surface area contributed by atoms with Crippen molar-refractivity contribution in [2.45, 2.75) is 5.41 Å². The Morgan fingerprint density at radius 1 is 0.344 bits per heavy atom. The van der Waals surface area contributed by atoms with Crippen molar-refractivity contribution in [2.24, 2.45) is 0 Å².